The maximum absolute atomic E-state index is 11.5. The van der Waals surface area contributed by atoms with E-state index in [-0.39, 0.29) is 5.56 Å². The Morgan fingerprint density at radius 2 is 1.92 bits per heavy atom. The first kappa shape index (κ1) is 8.37. The molecule has 0 N–H and O–H groups in total. The predicted molar refractivity (Wildman–Crippen MR) is 52.5 cm³/mol. The molecule has 0 bridgehead atoms. The largest absolute Gasteiger partial charge is 0.315 e. The fourth-order valence-electron chi connectivity index (χ4n) is 1.13. The molecule has 0 unspecified atom stereocenters. The van der Waals surface area contributed by atoms with Crippen LogP contribution in [0.25, 0.3) is 11.0 Å². The summed E-state index contributed by atoms with van der Waals surface area (Å²) in [5.74, 6) is 0. The standard InChI is InChI=1S/C8H6BrN3O/c1-12-4-5(9)6-7(8(12)13)11-3-2-10-6/h2-4H,1H3. The maximum atomic E-state index is 11.5. The highest BCUT2D eigenvalue weighted by molar-refractivity contribution is 9.10. The number of rotatable bonds is 0. The van der Waals surface area contributed by atoms with Crippen molar-refractivity contribution in [2.24, 2.45) is 7.05 Å². The van der Waals surface area contributed by atoms with Gasteiger partial charge in [0, 0.05) is 25.6 Å². The summed E-state index contributed by atoms with van der Waals surface area (Å²) in [4.78, 5) is 19.6. The van der Waals surface area contributed by atoms with Crippen molar-refractivity contribution in [3.63, 3.8) is 0 Å². The Labute approximate surface area is 82.4 Å². The van der Waals surface area contributed by atoms with Gasteiger partial charge in [-0.05, 0) is 15.9 Å². The third-order valence-corrected chi connectivity index (χ3v) is 2.33. The van der Waals surface area contributed by atoms with Gasteiger partial charge in [0.25, 0.3) is 5.56 Å². The van der Waals surface area contributed by atoms with Crippen molar-refractivity contribution in [2.45, 2.75) is 0 Å². The van der Waals surface area contributed by atoms with Gasteiger partial charge in [-0.15, -0.1) is 0 Å². The van der Waals surface area contributed by atoms with Crippen LogP contribution in [0.4, 0.5) is 0 Å². The molecule has 0 aromatic carbocycles. The minimum Gasteiger partial charge on any atom is -0.315 e. The maximum Gasteiger partial charge on any atom is 0.278 e. The van der Waals surface area contributed by atoms with E-state index < -0.39 is 0 Å². The highest BCUT2D eigenvalue weighted by Crippen LogP contribution is 2.15. The molecule has 0 atom stereocenters. The SMILES string of the molecule is Cn1cc(Br)c2nccnc2c1=O. The minimum atomic E-state index is -0.133. The van der Waals surface area contributed by atoms with Gasteiger partial charge in [-0.3, -0.25) is 9.78 Å². The molecule has 0 amide bonds. The van der Waals surface area contributed by atoms with Gasteiger partial charge in [0.05, 0.1) is 4.47 Å². The van der Waals surface area contributed by atoms with Crippen molar-refractivity contribution in [3.8, 4) is 0 Å². The van der Waals surface area contributed by atoms with Crippen molar-refractivity contribution in [1.82, 2.24) is 14.5 Å². The first-order valence-corrected chi connectivity index (χ1v) is 4.45. The van der Waals surface area contributed by atoms with E-state index in [9.17, 15) is 4.79 Å². The Morgan fingerprint density at radius 3 is 2.62 bits per heavy atom. The van der Waals surface area contributed by atoms with Crippen LogP contribution < -0.4 is 5.56 Å². The molecule has 0 aliphatic carbocycles. The van der Waals surface area contributed by atoms with E-state index in [1.165, 1.54) is 10.8 Å². The normalized spacial score (nSPS) is 10.6. The lowest BCUT2D eigenvalue weighted by molar-refractivity contribution is 0.863. The van der Waals surface area contributed by atoms with E-state index in [4.69, 9.17) is 0 Å². The molecule has 0 aliphatic heterocycles. The number of halogens is 1. The van der Waals surface area contributed by atoms with Gasteiger partial charge in [0.1, 0.15) is 5.52 Å². The third kappa shape index (κ3) is 1.25. The van der Waals surface area contributed by atoms with Crippen LogP contribution in [0.15, 0.2) is 27.9 Å². The Hall–Kier alpha value is -1.23. The lowest BCUT2D eigenvalue weighted by Crippen LogP contribution is -2.17. The zero-order chi connectivity index (χ0) is 9.42. The molecule has 66 valence electrons. The monoisotopic (exact) mass is 239 g/mol. The number of pyridine rings is 1. The third-order valence-electron chi connectivity index (χ3n) is 1.75. The van der Waals surface area contributed by atoms with Crippen molar-refractivity contribution in [1.29, 1.82) is 0 Å². The van der Waals surface area contributed by atoms with Gasteiger partial charge >= 0.3 is 0 Å². The van der Waals surface area contributed by atoms with Crippen molar-refractivity contribution >= 4 is 27.0 Å². The van der Waals surface area contributed by atoms with Crippen molar-refractivity contribution in [3.05, 3.63) is 33.4 Å². The second-order valence-electron chi connectivity index (χ2n) is 2.65. The fraction of sp³-hybridized carbons (Fsp3) is 0.125. The number of fused-ring (bicyclic) bond motifs is 1. The van der Waals surface area contributed by atoms with Gasteiger partial charge in [-0.25, -0.2) is 4.98 Å². The van der Waals surface area contributed by atoms with Crippen LogP contribution in [0, 0.1) is 0 Å². The van der Waals surface area contributed by atoms with E-state index in [2.05, 4.69) is 25.9 Å². The highest BCUT2D eigenvalue weighted by atomic mass is 79.9. The molecule has 0 saturated heterocycles. The van der Waals surface area contributed by atoms with Crippen LogP contribution in [-0.2, 0) is 7.05 Å². The molecule has 4 nitrogen and oxygen atoms in total. The summed E-state index contributed by atoms with van der Waals surface area (Å²) >= 11 is 3.32. The quantitative estimate of drug-likeness (QED) is 0.692. The van der Waals surface area contributed by atoms with E-state index in [0.717, 1.165) is 4.47 Å². The van der Waals surface area contributed by atoms with Crippen LogP contribution in [0.3, 0.4) is 0 Å². The average molecular weight is 240 g/mol. The molecule has 0 fully saturated rings. The van der Waals surface area contributed by atoms with Crippen LogP contribution in [-0.4, -0.2) is 14.5 Å². The molecule has 2 heterocycles. The van der Waals surface area contributed by atoms with Gasteiger partial charge in [-0.2, -0.15) is 0 Å². The second-order valence-corrected chi connectivity index (χ2v) is 3.50. The van der Waals surface area contributed by atoms with Crippen LogP contribution in [0.2, 0.25) is 0 Å². The Bertz CT molecular complexity index is 520. The fourth-order valence-corrected chi connectivity index (χ4v) is 1.72. The molecule has 0 aliphatic rings. The Balaban J connectivity index is 3.06. The van der Waals surface area contributed by atoms with Gasteiger partial charge in [0.2, 0.25) is 0 Å². The zero-order valence-corrected chi connectivity index (χ0v) is 8.45. The van der Waals surface area contributed by atoms with Crippen molar-refractivity contribution in [2.75, 3.05) is 0 Å². The number of aryl methyl sites for hydroxylation is 1. The van der Waals surface area contributed by atoms with Gasteiger partial charge in [-0.1, -0.05) is 0 Å². The summed E-state index contributed by atoms with van der Waals surface area (Å²) in [7, 11) is 1.68. The Morgan fingerprint density at radius 1 is 1.31 bits per heavy atom. The molecule has 2 aromatic rings. The summed E-state index contributed by atoms with van der Waals surface area (Å²) in [6.07, 6.45) is 4.75. The summed E-state index contributed by atoms with van der Waals surface area (Å²) in [5.41, 5.74) is 0.858. The summed E-state index contributed by atoms with van der Waals surface area (Å²) in [6.45, 7) is 0. The number of aromatic nitrogens is 3. The van der Waals surface area contributed by atoms with Gasteiger partial charge in [0.15, 0.2) is 5.52 Å². The lowest BCUT2D eigenvalue weighted by Gasteiger charge is -2.01. The van der Waals surface area contributed by atoms with Gasteiger partial charge < -0.3 is 4.57 Å². The molecule has 0 radical (unpaired) electrons. The molecule has 2 rings (SSSR count). The van der Waals surface area contributed by atoms with E-state index >= 15 is 0 Å². The lowest BCUT2D eigenvalue weighted by atomic mass is 10.4. The number of nitrogens with zero attached hydrogens (tertiary/aromatic N) is 3. The minimum absolute atomic E-state index is 0.133. The first-order chi connectivity index (χ1) is 6.20. The predicted octanol–water partition coefficient (Wildman–Crippen LogP) is 1.09. The Kier molecular flexibility index (Phi) is 1.88. The zero-order valence-electron chi connectivity index (χ0n) is 6.86. The van der Waals surface area contributed by atoms with E-state index in [1.54, 1.807) is 19.4 Å². The number of hydrogen-bond donors (Lipinski definition) is 0. The highest BCUT2D eigenvalue weighted by Gasteiger charge is 2.05. The molecule has 13 heavy (non-hydrogen) atoms. The molecule has 2 aromatic heterocycles. The smallest absolute Gasteiger partial charge is 0.278 e. The molecule has 0 saturated carbocycles. The van der Waals surface area contributed by atoms with Crippen molar-refractivity contribution < 1.29 is 0 Å². The summed E-state index contributed by atoms with van der Waals surface area (Å²) in [6, 6.07) is 0. The summed E-state index contributed by atoms with van der Waals surface area (Å²) in [5, 5.41) is 0. The molecular formula is C8H6BrN3O. The number of hydrogen-bond acceptors (Lipinski definition) is 3. The molecule has 5 heteroatoms. The van der Waals surface area contributed by atoms with Crippen LogP contribution >= 0.6 is 15.9 Å². The average Bonchev–Trinajstić information content (AvgIpc) is 2.15. The van der Waals surface area contributed by atoms with E-state index in [1.807, 2.05) is 0 Å². The van der Waals surface area contributed by atoms with Crippen LogP contribution in [0.1, 0.15) is 0 Å². The first-order valence-electron chi connectivity index (χ1n) is 3.66. The molecule has 0 spiro atoms. The topological polar surface area (TPSA) is 47.8 Å². The van der Waals surface area contributed by atoms with Crippen LogP contribution in [0.5, 0.6) is 0 Å². The summed E-state index contributed by atoms with van der Waals surface area (Å²) < 4.78 is 2.25. The second kappa shape index (κ2) is 2.92. The van der Waals surface area contributed by atoms with E-state index in [0.29, 0.717) is 11.0 Å². The molecular weight excluding hydrogens is 234 g/mol.